The van der Waals surface area contributed by atoms with Gasteiger partial charge in [0.25, 0.3) is 0 Å². The van der Waals surface area contributed by atoms with Gasteiger partial charge < -0.3 is 0 Å². The minimum absolute atomic E-state index is 0.922. The van der Waals surface area contributed by atoms with Gasteiger partial charge >= 0.3 is 88.5 Å². The SMILES string of the molecule is [Zr+2]=[C](c1ccccc1)C1CCC1. The monoisotopic (exact) mass is 234 g/mol. The van der Waals surface area contributed by atoms with E-state index in [-0.39, 0.29) is 0 Å². The molecule has 1 fully saturated rings. The first kappa shape index (κ1) is 8.57. The van der Waals surface area contributed by atoms with E-state index in [2.05, 4.69) is 30.3 Å². The van der Waals surface area contributed by atoms with Gasteiger partial charge in [-0.3, -0.25) is 0 Å². The molecular weight excluding hydrogens is 223 g/mol. The third kappa shape index (κ3) is 1.66. The molecule has 1 aromatic rings. The van der Waals surface area contributed by atoms with E-state index in [1.807, 2.05) is 0 Å². The van der Waals surface area contributed by atoms with Crippen molar-refractivity contribution in [2.24, 2.45) is 5.92 Å². The molecule has 1 aliphatic carbocycles. The summed E-state index contributed by atoms with van der Waals surface area (Å²) in [5.74, 6) is 0.922. The zero-order valence-corrected chi connectivity index (χ0v) is 9.54. The van der Waals surface area contributed by atoms with E-state index in [0.29, 0.717) is 0 Å². The molecule has 12 heavy (non-hydrogen) atoms. The van der Waals surface area contributed by atoms with Crippen molar-refractivity contribution < 1.29 is 24.2 Å². The predicted octanol–water partition coefficient (Wildman–Crippen LogP) is 2.55. The fourth-order valence-electron chi connectivity index (χ4n) is 1.55. The van der Waals surface area contributed by atoms with Crippen LogP contribution in [0.2, 0.25) is 0 Å². The molecule has 1 aromatic carbocycles. The van der Waals surface area contributed by atoms with Crippen LogP contribution in [0.5, 0.6) is 0 Å². The van der Waals surface area contributed by atoms with Crippen molar-refractivity contribution in [2.75, 3.05) is 0 Å². The van der Waals surface area contributed by atoms with Gasteiger partial charge in [0.15, 0.2) is 0 Å². The van der Waals surface area contributed by atoms with Gasteiger partial charge in [-0.05, 0) is 0 Å². The summed E-state index contributed by atoms with van der Waals surface area (Å²) in [6.45, 7) is 0. The van der Waals surface area contributed by atoms with Gasteiger partial charge in [0.2, 0.25) is 0 Å². The van der Waals surface area contributed by atoms with Crippen LogP contribution in [0.4, 0.5) is 0 Å². The summed E-state index contributed by atoms with van der Waals surface area (Å²) in [5, 5.41) is 0. The van der Waals surface area contributed by atoms with E-state index < -0.39 is 0 Å². The third-order valence-electron chi connectivity index (χ3n) is 2.60. The molecule has 0 saturated heterocycles. The van der Waals surface area contributed by atoms with Gasteiger partial charge in [-0.2, -0.15) is 0 Å². The van der Waals surface area contributed by atoms with E-state index in [0.717, 1.165) is 5.92 Å². The van der Waals surface area contributed by atoms with Crippen LogP contribution in [0, 0.1) is 5.92 Å². The summed E-state index contributed by atoms with van der Waals surface area (Å²) in [6, 6.07) is 10.8. The zero-order valence-electron chi connectivity index (χ0n) is 7.09. The summed E-state index contributed by atoms with van der Waals surface area (Å²) in [5.41, 5.74) is 1.47. The normalized spacial score (nSPS) is 17.2. The first-order chi connectivity index (χ1) is 5.88. The standard InChI is InChI=1S/C11H12.Zr/c1-2-5-10(6-3-1)9-11-7-4-8-11;/h1-3,5-6,11H,4,7-8H2;/q;+2. The first-order valence-corrected chi connectivity index (χ1v) is 5.74. The predicted molar refractivity (Wildman–Crippen MR) is 47.9 cm³/mol. The van der Waals surface area contributed by atoms with E-state index in [1.165, 1.54) is 24.8 Å². The third-order valence-corrected chi connectivity index (χ3v) is 4.31. The Labute approximate surface area is 88.3 Å². The Morgan fingerprint density at radius 2 is 1.83 bits per heavy atom. The Bertz CT molecular complexity index is 272. The maximum absolute atomic E-state index is 2.24. The van der Waals surface area contributed by atoms with Crippen LogP contribution >= 0.6 is 0 Å². The first-order valence-electron chi connectivity index (χ1n) is 4.52. The molecular formula is C11H12Zr+2. The molecule has 58 valence electrons. The molecule has 1 heteroatoms. The van der Waals surface area contributed by atoms with Crippen LogP contribution in [0.1, 0.15) is 24.8 Å². The summed E-state index contributed by atoms with van der Waals surface area (Å²) in [7, 11) is 0. The molecule has 0 radical (unpaired) electrons. The Morgan fingerprint density at radius 3 is 2.33 bits per heavy atom. The van der Waals surface area contributed by atoms with Crippen molar-refractivity contribution in [3.05, 3.63) is 35.9 Å². The molecule has 0 aromatic heterocycles. The number of hydrogen-bond donors (Lipinski definition) is 0. The van der Waals surface area contributed by atoms with E-state index in [9.17, 15) is 0 Å². The number of hydrogen-bond acceptors (Lipinski definition) is 0. The fourth-order valence-corrected chi connectivity index (χ4v) is 2.67. The second-order valence-electron chi connectivity index (χ2n) is 3.41. The van der Waals surface area contributed by atoms with Gasteiger partial charge in [-0.1, -0.05) is 0 Å². The van der Waals surface area contributed by atoms with Crippen molar-refractivity contribution in [1.82, 2.24) is 0 Å². The van der Waals surface area contributed by atoms with Crippen LogP contribution in [-0.2, 0) is 24.2 Å². The van der Waals surface area contributed by atoms with Crippen LogP contribution in [-0.4, -0.2) is 3.21 Å². The molecule has 0 amide bonds. The van der Waals surface area contributed by atoms with Crippen molar-refractivity contribution >= 4 is 3.21 Å². The molecule has 0 atom stereocenters. The molecule has 1 saturated carbocycles. The second kappa shape index (κ2) is 3.79. The van der Waals surface area contributed by atoms with Crippen molar-refractivity contribution in [3.8, 4) is 0 Å². The second-order valence-corrected chi connectivity index (χ2v) is 4.73. The quantitative estimate of drug-likeness (QED) is 0.739. The van der Waals surface area contributed by atoms with Gasteiger partial charge in [-0.25, -0.2) is 0 Å². The van der Waals surface area contributed by atoms with Crippen LogP contribution in [0.3, 0.4) is 0 Å². The zero-order chi connectivity index (χ0) is 8.39. The van der Waals surface area contributed by atoms with Crippen LogP contribution in [0.15, 0.2) is 30.3 Å². The topological polar surface area (TPSA) is 0 Å². The number of benzene rings is 1. The van der Waals surface area contributed by atoms with Crippen LogP contribution < -0.4 is 0 Å². The summed E-state index contributed by atoms with van der Waals surface area (Å²) < 4.78 is 1.68. The van der Waals surface area contributed by atoms with E-state index >= 15 is 0 Å². The van der Waals surface area contributed by atoms with Gasteiger partial charge in [0.1, 0.15) is 0 Å². The average Bonchev–Trinajstić information content (AvgIpc) is 2.03. The Morgan fingerprint density at radius 1 is 1.17 bits per heavy atom. The molecule has 0 unspecified atom stereocenters. The van der Waals surface area contributed by atoms with Crippen molar-refractivity contribution in [1.29, 1.82) is 0 Å². The average molecular weight is 235 g/mol. The van der Waals surface area contributed by atoms with E-state index in [1.54, 1.807) is 27.4 Å². The molecule has 0 spiro atoms. The van der Waals surface area contributed by atoms with E-state index in [4.69, 9.17) is 0 Å². The fraction of sp³-hybridized carbons (Fsp3) is 0.364. The molecule has 0 nitrogen and oxygen atoms in total. The Balaban J connectivity index is 2.14. The van der Waals surface area contributed by atoms with Gasteiger partial charge in [0, 0.05) is 0 Å². The van der Waals surface area contributed by atoms with Crippen LogP contribution in [0.25, 0.3) is 0 Å². The molecule has 2 rings (SSSR count). The Kier molecular flexibility index (Phi) is 2.70. The Hall–Kier alpha value is -0.0269. The molecule has 0 heterocycles. The molecule has 0 aliphatic heterocycles. The molecule has 1 aliphatic rings. The maximum atomic E-state index is 2.24. The summed E-state index contributed by atoms with van der Waals surface area (Å²) in [6.07, 6.45) is 4.29. The van der Waals surface area contributed by atoms with Crippen molar-refractivity contribution in [3.63, 3.8) is 0 Å². The summed E-state index contributed by atoms with van der Waals surface area (Å²) >= 11 is 1.60. The van der Waals surface area contributed by atoms with Gasteiger partial charge in [-0.15, -0.1) is 0 Å². The van der Waals surface area contributed by atoms with Crippen molar-refractivity contribution in [2.45, 2.75) is 19.3 Å². The molecule has 0 N–H and O–H groups in total. The minimum atomic E-state index is 0.922. The molecule has 0 bridgehead atoms. The number of rotatable bonds is 2. The summed E-state index contributed by atoms with van der Waals surface area (Å²) in [4.78, 5) is 0. The van der Waals surface area contributed by atoms with Gasteiger partial charge in [0.05, 0.1) is 0 Å².